The van der Waals surface area contributed by atoms with Gasteiger partial charge in [-0.3, -0.25) is 14.5 Å². The summed E-state index contributed by atoms with van der Waals surface area (Å²) in [5.41, 5.74) is 1.44. The van der Waals surface area contributed by atoms with Crippen LogP contribution in [-0.4, -0.2) is 74.5 Å². The van der Waals surface area contributed by atoms with Crippen LogP contribution >= 0.6 is 11.6 Å². The highest BCUT2D eigenvalue weighted by molar-refractivity contribution is 6.30. The first-order valence-electron chi connectivity index (χ1n) is 11.1. The van der Waals surface area contributed by atoms with Crippen molar-refractivity contribution in [3.05, 3.63) is 65.2 Å². The topological polar surface area (TPSA) is 87.5 Å². The number of tetrazole rings is 1. The molecule has 2 amide bonds. The molecule has 2 aliphatic heterocycles. The minimum atomic E-state index is -0.388. The molecule has 0 aliphatic carbocycles. The van der Waals surface area contributed by atoms with Gasteiger partial charge in [0.15, 0.2) is 5.82 Å². The number of hydrogen-bond donors (Lipinski definition) is 0. The number of nitrogens with zero attached hydrogens (tertiary/aromatic N) is 7. The van der Waals surface area contributed by atoms with E-state index in [-0.39, 0.29) is 30.0 Å². The predicted molar refractivity (Wildman–Crippen MR) is 123 cm³/mol. The maximum atomic E-state index is 13.2. The van der Waals surface area contributed by atoms with E-state index in [1.807, 2.05) is 17.0 Å². The third-order valence-corrected chi connectivity index (χ3v) is 6.52. The lowest BCUT2D eigenvalue weighted by Gasteiger charge is -2.35. The Morgan fingerprint density at radius 3 is 2.38 bits per heavy atom. The Bertz CT molecular complexity index is 1180. The summed E-state index contributed by atoms with van der Waals surface area (Å²) in [7, 11) is 0. The highest BCUT2D eigenvalue weighted by Crippen LogP contribution is 2.27. The smallest absolute Gasteiger partial charge is 0.228 e. The predicted octanol–water partition coefficient (Wildman–Crippen LogP) is 2.15. The summed E-state index contributed by atoms with van der Waals surface area (Å²) >= 11 is 5.97. The van der Waals surface area contributed by atoms with Crippen LogP contribution in [0.15, 0.2) is 48.5 Å². The number of rotatable bonds is 5. The van der Waals surface area contributed by atoms with Gasteiger partial charge in [-0.05, 0) is 59.0 Å². The standard InChI is InChI=1S/C23H23ClFN7O2/c24-17-1-5-20(6-2-17)32-21(26-27-28-32)15-29-9-11-30(12-10-29)23(34)16-13-22(33)31(14-16)19-7-3-18(25)4-8-19/h1-8,16H,9-15H2. The first-order valence-corrected chi connectivity index (χ1v) is 11.5. The molecule has 3 aromatic rings. The molecule has 34 heavy (non-hydrogen) atoms. The molecule has 2 fully saturated rings. The number of hydrogen-bond acceptors (Lipinski definition) is 6. The molecule has 2 aliphatic rings. The fourth-order valence-corrected chi connectivity index (χ4v) is 4.54. The van der Waals surface area contributed by atoms with Crippen LogP contribution in [0, 0.1) is 11.7 Å². The Balaban J connectivity index is 1.17. The van der Waals surface area contributed by atoms with Crippen LogP contribution in [0.3, 0.4) is 0 Å². The van der Waals surface area contributed by atoms with Crippen molar-refractivity contribution in [3.8, 4) is 5.69 Å². The van der Waals surface area contributed by atoms with Crippen molar-refractivity contribution in [2.45, 2.75) is 13.0 Å². The van der Waals surface area contributed by atoms with E-state index in [0.29, 0.717) is 55.8 Å². The van der Waals surface area contributed by atoms with Crippen molar-refractivity contribution in [2.75, 3.05) is 37.6 Å². The van der Waals surface area contributed by atoms with Crippen LogP contribution in [0.2, 0.25) is 5.02 Å². The molecule has 176 valence electrons. The number of carbonyl (C=O) groups is 2. The van der Waals surface area contributed by atoms with E-state index in [4.69, 9.17) is 11.6 Å². The SMILES string of the molecule is O=C(C1CC(=O)N(c2ccc(F)cc2)C1)N1CCN(Cc2nnnn2-c2ccc(Cl)cc2)CC1. The van der Waals surface area contributed by atoms with Gasteiger partial charge in [-0.1, -0.05) is 11.6 Å². The average Bonchev–Trinajstić information content (AvgIpc) is 3.47. The summed E-state index contributed by atoms with van der Waals surface area (Å²) in [6.07, 6.45) is 0.173. The van der Waals surface area contributed by atoms with Crippen molar-refractivity contribution in [1.29, 1.82) is 0 Å². The molecule has 5 rings (SSSR count). The zero-order valence-electron chi connectivity index (χ0n) is 18.3. The number of halogens is 2. The molecular formula is C23H23ClFN7O2. The van der Waals surface area contributed by atoms with Gasteiger partial charge >= 0.3 is 0 Å². The van der Waals surface area contributed by atoms with Crippen molar-refractivity contribution < 1.29 is 14.0 Å². The number of benzene rings is 2. The lowest BCUT2D eigenvalue weighted by molar-refractivity contribution is -0.137. The molecule has 0 N–H and O–H groups in total. The van der Waals surface area contributed by atoms with Gasteiger partial charge in [0.1, 0.15) is 5.82 Å². The molecule has 2 aromatic carbocycles. The van der Waals surface area contributed by atoms with Crippen LogP contribution in [-0.2, 0) is 16.1 Å². The monoisotopic (exact) mass is 483 g/mol. The Labute approximate surface area is 200 Å². The molecule has 9 nitrogen and oxygen atoms in total. The molecule has 1 aromatic heterocycles. The summed E-state index contributed by atoms with van der Waals surface area (Å²) < 4.78 is 14.9. The number of carbonyl (C=O) groups excluding carboxylic acids is 2. The normalized spacial score (nSPS) is 19.1. The molecule has 0 spiro atoms. The maximum absolute atomic E-state index is 13.2. The van der Waals surface area contributed by atoms with E-state index in [1.165, 1.54) is 12.1 Å². The fraction of sp³-hybridized carbons (Fsp3) is 0.348. The number of aromatic nitrogens is 4. The first-order chi connectivity index (χ1) is 16.5. The summed E-state index contributed by atoms with van der Waals surface area (Å²) in [4.78, 5) is 31.2. The Hall–Kier alpha value is -3.37. The molecular weight excluding hydrogens is 461 g/mol. The third-order valence-electron chi connectivity index (χ3n) is 6.27. The molecule has 0 saturated carbocycles. The van der Waals surface area contributed by atoms with Gasteiger partial charge in [0.05, 0.1) is 18.2 Å². The van der Waals surface area contributed by atoms with E-state index in [2.05, 4.69) is 20.4 Å². The molecule has 1 unspecified atom stereocenters. The van der Waals surface area contributed by atoms with Gasteiger partial charge in [0.2, 0.25) is 11.8 Å². The molecule has 0 radical (unpaired) electrons. The van der Waals surface area contributed by atoms with Gasteiger partial charge in [-0.2, -0.15) is 4.68 Å². The molecule has 1 atom stereocenters. The van der Waals surface area contributed by atoms with Gasteiger partial charge in [-0.25, -0.2) is 4.39 Å². The molecule has 2 saturated heterocycles. The maximum Gasteiger partial charge on any atom is 0.228 e. The van der Waals surface area contributed by atoms with E-state index in [1.54, 1.807) is 33.8 Å². The molecule has 3 heterocycles. The molecule has 0 bridgehead atoms. The van der Waals surface area contributed by atoms with Gasteiger partial charge in [0.25, 0.3) is 0 Å². The third kappa shape index (κ3) is 4.64. The fourth-order valence-electron chi connectivity index (χ4n) is 4.42. The second kappa shape index (κ2) is 9.47. The van der Waals surface area contributed by atoms with E-state index < -0.39 is 0 Å². The lowest BCUT2D eigenvalue weighted by Crippen LogP contribution is -2.50. The zero-order chi connectivity index (χ0) is 23.7. The number of amides is 2. The van der Waals surface area contributed by atoms with Crippen LogP contribution in [0.25, 0.3) is 5.69 Å². The second-order valence-electron chi connectivity index (χ2n) is 8.47. The largest absolute Gasteiger partial charge is 0.340 e. The lowest BCUT2D eigenvalue weighted by atomic mass is 10.1. The molecule has 11 heteroatoms. The van der Waals surface area contributed by atoms with Crippen LogP contribution < -0.4 is 4.90 Å². The number of piperazine rings is 1. The summed E-state index contributed by atoms with van der Waals surface area (Å²) in [5, 5.41) is 12.7. The van der Waals surface area contributed by atoms with Gasteiger partial charge in [0, 0.05) is 49.9 Å². The van der Waals surface area contributed by atoms with E-state index in [0.717, 1.165) is 5.69 Å². The van der Waals surface area contributed by atoms with Crippen molar-refractivity contribution in [3.63, 3.8) is 0 Å². The minimum Gasteiger partial charge on any atom is -0.340 e. The Morgan fingerprint density at radius 2 is 1.68 bits per heavy atom. The quantitative estimate of drug-likeness (QED) is 0.552. The minimum absolute atomic E-state index is 0.0105. The van der Waals surface area contributed by atoms with E-state index in [9.17, 15) is 14.0 Å². The van der Waals surface area contributed by atoms with Crippen LogP contribution in [0.4, 0.5) is 10.1 Å². The highest BCUT2D eigenvalue weighted by Gasteiger charge is 2.38. The van der Waals surface area contributed by atoms with Crippen molar-refractivity contribution >= 4 is 29.1 Å². The number of anilines is 1. The van der Waals surface area contributed by atoms with Gasteiger partial charge in [-0.15, -0.1) is 5.10 Å². The zero-order valence-corrected chi connectivity index (χ0v) is 19.1. The van der Waals surface area contributed by atoms with Crippen molar-refractivity contribution in [1.82, 2.24) is 30.0 Å². The second-order valence-corrected chi connectivity index (χ2v) is 8.90. The van der Waals surface area contributed by atoms with Crippen LogP contribution in [0.1, 0.15) is 12.2 Å². The Morgan fingerprint density at radius 1 is 1.00 bits per heavy atom. The summed E-state index contributed by atoms with van der Waals surface area (Å²) in [6.45, 7) is 3.38. The highest BCUT2D eigenvalue weighted by atomic mass is 35.5. The van der Waals surface area contributed by atoms with Crippen LogP contribution in [0.5, 0.6) is 0 Å². The van der Waals surface area contributed by atoms with Gasteiger partial charge < -0.3 is 9.80 Å². The average molecular weight is 484 g/mol. The summed E-state index contributed by atoms with van der Waals surface area (Å²) in [5.74, 6) is -0.163. The first kappa shape index (κ1) is 22.4. The summed E-state index contributed by atoms with van der Waals surface area (Å²) in [6, 6.07) is 13.1. The van der Waals surface area contributed by atoms with Crippen molar-refractivity contribution in [2.24, 2.45) is 5.92 Å². The van der Waals surface area contributed by atoms with E-state index >= 15 is 0 Å². The Kier molecular flexibility index (Phi) is 6.25.